The highest BCUT2D eigenvalue weighted by atomic mass is 19.3. The number of hydrogen-bond acceptors (Lipinski definition) is 3. The van der Waals surface area contributed by atoms with E-state index in [-0.39, 0.29) is 38.6 Å². The minimum atomic E-state index is -2.85. The van der Waals surface area contributed by atoms with Crippen LogP contribution in [-0.2, 0) is 9.53 Å². The van der Waals surface area contributed by atoms with Gasteiger partial charge >= 0.3 is 0 Å². The van der Waals surface area contributed by atoms with Gasteiger partial charge in [-0.05, 0) is 18.6 Å². The van der Waals surface area contributed by atoms with Crippen LogP contribution < -0.4 is 10.1 Å². The summed E-state index contributed by atoms with van der Waals surface area (Å²) in [4.78, 5) is 11.3. The van der Waals surface area contributed by atoms with Crippen molar-refractivity contribution in [2.75, 3.05) is 26.4 Å². The Morgan fingerprint density at radius 1 is 1.36 bits per heavy atom. The molecule has 0 aliphatic heterocycles. The number of hydrogen-bond donors (Lipinski definition) is 1. The first-order valence-corrected chi connectivity index (χ1v) is 7.02. The van der Waals surface area contributed by atoms with Crippen molar-refractivity contribution in [3.63, 3.8) is 0 Å². The molecule has 22 heavy (non-hydrogen) atoms. The maximum atomic E-state index is 13.0. The third-order valence-electron chi connectivity index (χ3n) is 3.32. The van der Waals surface area contributed by atoms with Crippen LogP contribution in [0.25, 0.3) is 0 Å². The monoisotopic (exact) mass is 317 g/mol. The fourth-order valence-corrected chi connectivity index (χ4v) is 1.91. The fourth-order valence-electron chi connectivity index (χ4n) is 1.91. The standard InChI is InChI=1S/C15H18F3NO3/c1-10-2-3-11(16)8-13(10)22-7-6-21-5-4-19-14(20)12-9-15(12,17)18/h2-3,8,12H,4-7,9H2,1H3,(H,19,20). The molecular formula is C15H18F3NO3. The number of carbonyl (C=O) groups excluding carboxylic acids is 1. The summed E-state index contributed by atoms with van der Waals surface area (Å²) in [6.45, 7) is 2.67. The van der Waals surface area contributed by atoms with Gasteiger partial charge in [-0.15, -0.1) is 0 Å². The number of amides is 1. The van der Waals surface area contributed by atoms with Gasteiger partial charge < -0.3 is 14.8 Å². The smallest absolute Gasteiger partial charge is 0.260 e. The summed E-state index contributed by atoms with van der Waals surface area (Å²) in [7, 11) is 0. The van der Waals surface area contributed by atoms with E-state index in [9.17, 15) is 18.0 Å². The average molecular weight is 317 g/mol. The van der Waals surface area contributed by atoms with Gasteiger partial charge in [-0.1, -0.05) is 6.07 Å². The summed E-state index contributed by atoms with van der Waals surface area (Å²) in [5, 5.41) is 2.39. The molecule has 7 heteroatoms. The third-order valence-corrected chi connectivity index (χ3v) is 3.32. The van der Waals surface area contributed by atoms with Gasteiger partial charge in [0.2, 0.25) is 5.91 Å². The summed E-state index contributed by atoms with van der Waals surface area (Å²) < 4.78 is 48.8. The normalized spacial score (nSPS) is 18.8. The van der Waals surface area contributed by atoms with Crippen LogP contribution in [0.4, 0.5) is 13.2 Å². The van der Waals surface area contributed by atoms with Crippen molar-refractivity contribution in [3.05, 3.63) is 29.6 Å². The van der Waals surface area contributed by atoms with E-state index < -0.39 is 17.7 Å². The highest BCUT2D eigenvalue weighted by molar-refractivity contribution is 5.82. The maximum Gasteiger partial charge on any atom is 0.260 e. The predicted octanol–water partition coefficient (Wildman–Crippen LogP) is 2.30. The Morgan fingerprint density at radius 3 is 2.77 bits per heavy atom. The Labute approximate surface area is 126 Å². The number of nitrogens with one attached hydrogen (secondary N) is 1. The minimum absolute atomic E-state index is 0.171. The maximum absolute atomic E-state index is 13.0. The molecular weight excluding hydrogens is 299 g/mol. The Kier molecular flexibility index (Phi) is 5.28. The second-order valence-electron chi connectivity index (χ2n) is 5.18. The summed E-state index contributed by atoms with van der Waals surface area (Å²) in [5.74, 6) is -4.59. The molecule has 0 heterocycles. The molecule has 1 saturated carbocycles. The molecule has 1 aliphatic rings. The summed E-state index contributed by atoms with van der Waals surface area (Å²) in [5.41, 5.74) is 0.819. The molecule has 1 unspecified atom stereocenters. The van der Waals surface area contributed by atoms with Crippen LogP contribution >= 0.6 is 0 Å². The Morgan fingerprint density at radius 2 is 2.09 bits per heavy atom. The first kappa shape index (κ1) is 16.6. The number of rotatable bonds is 8. The van der Waals surface area contributed by atoms with Crippen molar-refractivity contribution in [1.82, 2.24) is 5.32 Å². The Hall–Kier alpha value is -1.76. The zero-order valence-corrected chi connectivity index (χ0v) is 12.2. The second kappa shape index (κ2) is 7.00. The van der Waals surface area contributed by atoms with Crippen LogP contribution in [0.2, 0.25) is 0 Å². The summed E-state index contributed by atoms with van der Waals surface area (Å²) in [6, 6.07) is 4.27. The van der Waals surface area contributed by atoms with Crippen LogP contribution in [0.5, 0.6) is 5.75 Å². The van der Waals surface area contributed by atoms with Crippen molar-refractivity contribution in [2.45, 2.75) is 19.3 Å². The van der Waals surface area contributed by atoms with Crippen molar-refractivity contribution in [3.8, 4) is 5.75 Å². The molecule has 0 radical (unpaired) electrons. The first-order valence-electron chi connectivity index (χ1n) is 7.02. The lowest BCUT2D eigenvalue weighted by molar-refractivity contribution is -0.124. The van der Waals surface area contributed by atoms with Gasteiger partial charge in [0.15, 0.2) is 0 Å². The molecule has 1 atom stereocenters. The largest absolute Gasteiger partial charge is 0.491 e. The molecule has 1 amide bonds. The zero-order valence-electron chi connectivity index (χ0n) is 12.2. The van der Waals surface area contributed by atoms with Gasteiger partial charge in [-0.3, -0.25) is 4.79 Å². The molecule has 0 aromatic heterocycles. The van der Waals surface area contributed by atoms with E-state index in [1.54, 1.807) is 13.0 Å². The average Bonchev–Trinajstić information content (AvgIpc) is 3.10. The van der Waals surface area contributed by atoms with Gasteiger partial charge in [0.25, 0.3) is 5.92 Å². The SMILES string of the molecule is Cc1ccc(F)cc1OCCOCCNC(=O)C1CC1(F)F. The quantitative estimate of drug-likeness (QED) is 0.749. The van der Waals surface area contributed by atoms with E-state index in [0.29, 0.717) is 5.75 Å². The van der Waals surface area contributed by atoms with Crippen molar-refractivity contribution in [1.29, 1.82) is 0 Å². The van der Waals surface area contributed by atoms with Gasteiger partial charge in [-0.25, -0.2) is 13.2 Å². The first-order chi connectivity index (χ1) is 10.4. The fraction of sp³-hybridized carbons (Fsp3) is 0.533. The molecule has 1 fully saturated rings. The number of halogens is 3. The highest BCUT2D eigenvalue weighted by Crippen LogP contribution is 2.48. The Balaban J connectivity index is 1.53. The van der Waals surface area contributed by atoms with Crippen LogP contribution in [-0.4, -0.2) is 38.2 Å². The van der Waals surface area contributed by atoms with Crippen LogP contribution in [0.3, 0.4) is 0 Å². The molecule has 0 spiro atoms. The van der Waals surface area contributed by atoms with E-state index in [0.717, 1.165) is 5.56 Å². The lowest BCUT2D eigenvalue weighted by Crippen LogP contribution is -2.30. The highest BCUT2D eigenvalue weighted by Gasteiger charge is 2.61. The van der Waals surface area contributed by atoms with E-state index >= 15 is 0 Å². The molecule has 1 aliphatic carbocycles. The van der Waals surface area contributed by atoms with Crippen molar-refractivity contribution in [2.24, 2.45) is 5.92 Å². The molecule has 1 aromatic rings. The molecule has 2 rings (SSSR count). The lowest BCUT2D eigenvalue weighted by Gasteiger charge is -2.10. The summed E-state index contributed by atoms with van der Waals surface area (Å²) in [6.07, 6.45) is -0.374. The molecule has 1 aromatic carbocycles. The molecule has 4 nitrogen and oxygen atoms in total. The number of aryl methyl sites for hydroxylation is 1. The number of alkyl halides is 2. The van der Waals surface area contributed by atoms with Gasteiger partial charge in [0, 0.05) is 19.0 Å². The molecule has 122 valence electrons. The number of benzene rings is 1. The van der Waals surface area contributed by atoms with Crippen LogP contribution in [0.15, 0.2) is 18.2 Å². The second-order valence-corrected chi connectivity index (χ2v) is 5.18. The molecule has 1 N–H and O–H groups in total. The minimum Gasteiger partial charge on any atom is -0.491 e. The van der Waals surface area contributed by atoms with Gasteiger partial charge in [-0.2, -0.15) is 0 Å². The molecule has 0 saturated heterocycles. The Bertz CT molecular complexity index is 537. The van der Waals surface area contributed by atoms with Crippen molar-refractivity contribution < 1.29 is 27.4 Å². The number of ether oxygens (including phenoxy) is 2. The summed E-state index contributed by atoms with van der Waals surface area (Å²) >= 11 is 0. The van der Waals surface area contributed by atoms with Crippen LogP contribution in [0, 0.1) is 18.7 Å². The van der Waals surface area contributed by atoms with E-state index in [4.69, 9.17) is 9.47 Å². The number of carbonyl (C=O) groups is 1. The lowest BCUT2D eigenvalue weighted by atomic mass is 10.2. The van der Waals surface area contributed by atoms with Crippen molar-refractivity contribution >= 4 is 5.91 Å². The van der Waals surface area contributed by atoms with E-state index in [1.807, 2.05) is 0 Å². The zero-order chi connectivity index (χ0) is 16.2. The topological polar surface area (TPSA) is 47.6 Å². The van der Waals surface area contributed by atoms with Gasteiger partial charge in [0.1, 0.15) is 24.1 Å². The van der Waals surface area contributed by atoms with Gasteiger partial charge in [0.05, 0.1) is 13.2 Å². The third kappa shape index (κ3) is 4.62. The predicted molar refractivity (Wildman–Crippen MR) is 73.5 cm³/mol. The van der Waals surface area contributed by atoms with E-state index in [1.165, 1.54) is 12.1 Å². The molecule has 0 bridgehead atoms. The van der Waals surface area contributed by atoms with E-state index in [2.05, 4.69) is 5.32 Å². The van der Waals surface area contributed by atoms with Crippen LogP contribution in [0.1, 0.15) is 12.0 Å².